The Morgan fingerprint density at radius 3 is 0.982 bits per heavy atom. The van der Waals surface area contributed by atoms with Gasteiger partial charge in [0, 0.05) is 0 Å². The van der Waals surface area contributed by atoms with Crippen LogP contribution in [0.3, 0.4) is 0 Å². The van der Waals surface area contributed by atoms with Crippen molar-refractivity contribution in [1.29, 1.82) is 0 Å². The van der Waals surface area contributed by atoms with Crippen molar-refractivity contribution >= 4 is 53.9 Å². The predicted molar refractivity (Wildman–Crippen MR) is 241 cm³/mol. The van der Waals surface area contributed by atoms with Gasteiger partial charge in [-0.1, -0.05) is 206 Å². The molecule has 0 nitrogen and oxygen atoms in total. The van der Waals surface area contributed by atoms with E-state index in [0.717, 1.165) is 0 Å². The summed E-state index contributed by atoms with van der Waals surface area (Å²) in [5, 5.41) is 12.6. The van der Waals surface area contributed by atoms with E-state index in [1.807, 2.05) is 0 Å². The highest BCUT2D eigenvalue weighted by Crippen LogP contribution is 2.50. The molecule has 0 heteroatoms. The van der Waals surface area contributed by atoms with E-state index < -0.39 is 0 Å². The first-order valence-electron chi connectivity index (χ1n) is 19.4. The maximum absolute atomic E-state index is 2.41. The first-order valence-corrected chi connectivity index (χ1v) is 19.4. The quantitative estimate of drug-likeness (QED) is 0.156. The standard InChI is InChI=1S/C56H36/c1-3-18-38(19-4-1)43-34-33-42(36-52(43)39-20-5-2-6-21-39)54-46-25-11-15-29-50(46)56(51-30-16-12-26-47(51)54)55-48-27-13-9-23-44(48)53(45-24-10-14-28-49(45)55)41-32-31-37-17-7-8-22-40(37)35-41/h1-36H. The molecule has 0 fully saturated rings. The first-order chi connectivity index (χ1) is 27.8. The third-order valence-corrected chi connectivity index (χ3v) is 11.6. The number of benzene rings is 11. The molecule has 260 valence electrons. The van der Waals surface area contributed by atoms with Gasteiger partial charge in [-0.05, 0) is 122 Å². The smallest absolute Gasteiger partial charge is 0.00139 e. The SMILES string of the molecule is c1ccc(-c2ccc(-c3c4ccccc4c(-c4c5ccccc5c(-c5ccc6ccccc6c5)c5ccccc45)c4ccccc34)cc2-c2ccccc2)cc1. The van der Waals surface area contributed by atoms with Crippen LogP contribution in [0, 0.1) is 0 Å². The van der Waals surface area contributed by atoms with Crippen LogP contribution in [0.2, 0.25) is 0 Å². The second kappa shape index (κ2) is 13.2. The third-order valence-electron chi connectivity index (χ3n) is 11.6. The molecule has 56 heavy (non-hydrogen) atoms. The fourth-order valence-corrected chi connectivity index (χ4v) is 9.19. The van der Waals surface area contributed by atoms with Crippen molar-refractivity contribution in [1.82, 2.24) is 0 Å². The highest BCUT2D eigenvalue weighted by molar-refractivity contribution is 6.30. The molecule has 0 saturated carbocycles. The summed E-state index contributed by atoms with van der Waals surface area (Å²) in [6, 6.07) is 80.3. The Morgan fingerprint density at radius 2 is 0.518 bits per heavy atom. The Hall–Kier alpha value is -7.28. The summed E-state index contributed by atoms with van der Waals surface area (Å²) < 4.78 is 0. The van der Waals surface area contributed by atoms with Crippen molar-refractivity contribution in [2.75, 3.05) is 0 Å². The minimum Gasteiger partial charge on any atom is -0.0622 e. The Morgan fingerprint density at radius 1 is 0.179 bits per heavy atom. The lowest BCUT2D eigenvalue weighted by atomic mass is 9.80. The van der Waals surface area contributed by atoms with E-state index in [4.69, 9.17) is 0 Å². The van der Waals surface area contributed by atoms with Gasteiger partial charge in [-0.15, -0.1) is 0 Å². The van der Waals surface area contributed by atoms with E-state index in [1.165, 1.54) is 109 Å². The second-order valence-corrected chi connectivity index (χ2v) is 14.7. The van der Waals surface area contributed by atoms with Crippen molar-refractivity contribution in [3.8, 4) is 55.6 Å². The lowest BCUT2D eigenvalue weighted by molar-refractivity contribution is 1.58. The average molecular weight is 709 g/mol. The monoisotopic (exact) mass is 708 g/mol. The Bertz CT molecular complexity index is 3170. The summed E-state index contributed by atoms with van der Waals surface area (Å²) in [7, 11) is 0. The summed E-state index contributed by atoms with van der Waals surface area (Å²) in [6.07, 6.45) is 0. The van der Waals surface area contributed by atoms with Crippen molar-refractivity contribution in [2.24, 2.45) is 0 Å². The number of fused-ring (bicyclic) bond motifs is 5. The molecule has 0 aliphatic carbocycles. The van der Waals surface area contributed by atoms with Gasteiger partial charge >= 0.3 is 0 Å². The fraction of sp³-hybridized carbons (Fsp3) is 0. The van der Waals surface area contributed by atoms with E-state index >= 15 is 0 Å². The van der Waals surface area contributed by atoms with E-state index in [-0.39, 0.29) is 0 Å². The van der Waals surface area contributed by atoms with Crippen LogP contribution in [-0.2, 0) is 0 Å². The Balaban J connectivity index is 1.23. The molecule has 0 atom stereocenters. The molecule has 0 bridgehead atoms. The average Bonchev–Trinajstić information content (AvgIpc) is 3.28. The molecular weight excluding hydrogens is 673 g/mol. The molecule has 0 radical (unpaired) electrons. The predicted octanol–water partition coefficient (Wildman–Crippen LogP) is 15.8. The molecule has 11 aromatic rings. The van der Waals surface area contributed by atoms with Crippen LogP contribution in [0.25, 0.3) is 109 Å². The van der Waals surface area contributed by atoms with Crippen LogP contribution >= 0.6 is 0 Å². The fourth-order valence-electron chi connectivity index (χ4n) is 9.19. The normalized spacial score (nSPS) is 11.6. The molecule has 0 aliphatic rings. The Kier molecular flexibility index (Phi) is 7.60. The summed E-state index contributed by atoms with van der Waals surface area (Å²) in [5.74, 6) is 0. The second-order valence-electron chi connectivity index (χ2n) is 14.7. The molecular formula is C56H36. The molecule has 0 aliphatic heterocycles. The van der Waals surface area contributed by atoms with Gasteiger partial charge in [0.25, 0.3) is 0 Å². The summed E-state index contributed by atoms with van der Waals surface area (Å²) in [4.78, 5) is 0. The van der Waals surface area contributed by atoms with Gasteiger partial charge < -0.3 is 0 Å². The lowest BCUT2D eigenvalue weighted by Gasteiger charge is -2.22. The maximum atomic E-state index is 2.41. The van der Waals surface area contributed by atoms with Gasteiger partial charge in [-0.25, -0.2) is 0 Å². The van der Waals surface area contributed by atoms with Gasteiger partial charge in [0.15, 0.2) is 0 Å². The number of rotatable bonds is 5. The van der Waals surface area contributed by atoms with Crippen LogP contribution in [0.15, 0.2) is 218 Å². The van der Waals surface area contributed by atoms with Gasteiger partial charge in [-0.3, -0.25) is 0 Å². The topological polar surface area (TPSA) is 0 Å². The van der Waals surface area contributed by atoms with Crippen LogP contribution in [0.5, 0.6) is 0 Å². The van der Waals surface area contributed by atoms with E-state index in [1.54, 1.807) is 0 Å². The van der Waals surface area contributed by atoms with Crippen molar-refractivity contribution in [3.05, 3.63) is 218 Å². The third kappa shape index (κ3) is 5.15. The van der Waals surface area contributed by atoms with E-state index in [2.05, 4.69) is 218 Å². The molecule has 0 saturated heterocycles. The lowest BCUT2D eigenvalue weighted by Crippen LogP contribution is -1.95. The van der Waals surface area contributed by atoms with Gasteiger partial charge in [0.1, 0.15) is 0 Å². The Labute approximate surface area is 326 Å². The van der Waals surface area contributed by atoms with Crippen LogP contribution in [0.1, 0.15) is 0 Å². The zero-order valence-electron chi connectivity index (χ0n) is 30.8. The van der Waals surface area contributed by atoms with Crippen molar-refractivity contribution < 1.29 is 0 Å². The van der Waals surface area contributed by atoms with Crippen molar-refractivity contribution in [3.63, 3.8) is 0 Å². The number of hydrogen-bond acceptors (Lipinski definition) is 0. The zero-order valence-corrected chi connectivity index (χ0v) is 30.8. The molecule has 0 unspecified atom stereocenters. The van der Waals surface area contributed by atoms with Crippen LogP contribution in [-0.4, -0.2) is 0 Å². The maximum Gasteiger partial charge on any atom is -0.00139 e. The molecule has 11 rings (SSSR count). The van der Waals surface area contributed by atoms with Gasteiger partial charge in [0.05, 0.1) is 0 Å². The molecule has 0 spiro atoms. The highest BCUT2D eigenvalue weighted by atomic mass is 14.3. The largest absolute Gasteiger partial charge is 0.0622 e. The van der Waals surface area contributed by atoms with Gasteiger partial charge in [-0.2, -0.15) is 0 Å². The van der Waals surface area contributed by atoms with Gasteiger partial charge in [0.2, 0.25) is 0 Å². The molecule has 0 N–H and O–H groups in total. The highest BCUT2D eigenvalue weighted by Gasteiger charge is 2.23. The van der Waals surface area contributed by atoms with Crippen LogP contribution < -0.4 is 0 Å². The number of hydrogen-bond donors (Lipinski definition) is 0. The van der Waals surface area contributed by atoms with E-state index in [0.29, 0.717) is 0 Å². The van der Waals surface area contributed by atoms with Crippen molar-refractivity contribution in [2.45, 2.75) is 0 Å². The summed E-state index contributed by atoms with van der Waals surface area (Å²) in [6.45, 7) is 0. The molecule has 11 aromatic carbocycles. The summed E-state index contributed by atoms with van der Waals surface area (Å²) in [5.41, 5.74) is 12.4. The van der Waals surface area contributed by atoms with E-state index in [9.17, 15) is 0 Å². The zero-order chi connectivity index (χ0) is 37.0. The van der Waals surface area contributed by atoms with Crippen LogP contribution in [0.4, 0.5) is 0 Å². The first kappa shape index (κ1) is 32.2. The molecule has 0 aromatic heterocycles. The molecule has 0 heterocycles. The minimum atomic E-state index is 1.21. The minimum absolute atomic E-state index is 1.21. The summed E-state index contributed by atoms with van der Waals surface area (Å²) >= 11 is 0. The molecule has 0 amide bonds.